The van der Waals surface area contributed by atoms with Crippen molar-refractivity contribution in [2.75, 3.05) is 13.7 Å². The molecule has 0 saturated heterocycles. The van der Waals surface area contributed by atoms with Gasteiger partial charge in [-0.15, -0.1) is 0 Å². The first kappa shape index (κ1) is 24.0. The third-order valence-corrected chi connectivity index (χ3v) is 5.42. The molecule has 1 aliphatic heterocycles. The fourth-order valence-corrected chi connectivity index (χ4v) is 3.65. The van der Waals surface area contributed by atoms with Gasteiger partial charge in [-0.05, 0) is 36.8 Å². The number of hydrogen-bond donors (Lipinski definition) is 2. The molecule has 0 spiro atoms. The second-order valence-electron chi connectivity index (χ2n) is 7.89. The molecular formula is C24H24FN5O5. The molecule has 0 bridgehead atoms. The number of nitrogens with zero attached hydrogens (tertiary/aromatic N) is 4. The second kappa shape index (κ2) is 10.4. The highest BCUT2D eigenvalue weighted by atomic mass is 19.1. The van der Waals surface area contributed by atoms with E-state index in [-0.39, 0.29) is 36.7 Å². The summed E-state index contributed by atoms with van der Waals surface area (Å²) in [5, 5.41) is 16.0. The van der Waals surface area contributed by atoms with Crippen LogP contribution in [0.4, 0.5) is 4.39 Å². The van der Waals surface area contributed by atoms with Crippen LogP contribution in [-0.4, -0.2) is 45.0 Å². The molecule has 4 rings (SSSR count). The molecule has 0 fully saturated rings. The van der Waals surface area contributed by atoms with Crippen molar-refractivity contribution in [2.45, 2.75) is 32.5 Å². The number of carbonyl (C=O) groups excluding carboxylic acids is 1. The Balaban J connectivity index is 1.46. The SMILES string of the molecule is COc1cc(CNC(=O)c2cc(C3=NOC(c4ccc(=O)n(CCO)c4)C3)nc(C)n2)ccc1F. The number of pyridine rings is 1. The van der Waals surface area contributed by atoms with Gasteiger partial charge in [-0.1, -0.05) is 11.2 Å². The molecule has 10 nitrogen and oxygen atoms in total. The molecule has 2 N–H and O–H groups in total. The number of aromatic nitrogens is 3. The summed E-state index contributed by atoms with van der Waals surface area (Å²) in [5.74, 6) is -0.424. The molecule has 3 heterocycles. The van der Waals surface area contributed by atoms with Gasteiger partial charge in [0.1, 0.15) is 17.2 Å². The van der Waals surface area contributed by atoms with E-state index in [1.165, 1.54) is 35.9 Å². The summed E-state index contributed by atoms with van der Waals surface area (Å²) in [6.45, 7) is 1.85. The zero-order valence-corrected chi connectivity index (χ0v) is 19.2. The topological polar surface area (TPSA) is 128 Å². The van der Waals surface area contributed by atoms with Crippen molar-refractivity contribution in [1.82, 2.24) is 19.9 Å². The minimum absolute atomic E-state index is 0.0949. The summed E-state index contributed by atoms with van der Waals surface area (Å²) in [7, 11) is 1.37. The van der Waals surface area contributed by atoms with E-state index in [1.54, 1.807) is 25.3 Å². The number of aliphatic hydroxyl groups excluding tert-OH is 1. The molecule has 1 aromatic carbocycles. The van der Waals surface area contributed by atoms with Gasteiger partial charge in [0.05, 0.1) is 19.4 Å². The van der Waals surface area contributed by atoms with Crippen LogP contribution < -0.4 is 15.6 Å². The molecule has 0 saturated carbocycles. The molecule has 2 aromatic heterocycles. The molecule has 182 valence electrons. The molecule has 1 aliphatic rings. The standard InChI is InChI=1S/C24H24FN5O5/c1-14-27-18(19-11-21(35-29-19)16-4-6-23(32)30(13-16)7-8-31)10-20(28-14)24(33)26-12-15-3-5-17(25)22(9-15)34-2/h3-6,9-10,13,21,31H,7-8,11-12H2,1-2H3,(H,26,33). The molecule has 1 amide bonds. The number of nitrogens with one attached hydrogen (secondary N) is 1. The van der Waals surface area contributed by atoms with E-state index in [4.69, 9.17) is 14.7 Å². The lowest BCUT2D eigenvalue weighted by Crippen LogP contribution is -2.25. The number of ether oxygens (including phenoxy) is 1. The van der Waals surface area contributed by atoms with Crippen molar-refractivity contribution in [1.29, 1.82) is 0 Å². The average Bonchev–Trinajstić information content (AvgIpc) is 3.35. The van der Waals surface area contributed by atoms with Gasteiger partial charge in [0, 0.05) is 37.3 Å². The van der Waals surface area contributed by atoms with E-state index < -0.39 is 17.8 Å². The molecule has 1 atom stereocenters. The second-order valence-corrected chi connectivity index (χ2v) is 7.89. The van der Waals surface area contributed by atoms with Crippen LogP contribution in [0.5, 0.6) is 5.75 Å². The largest absolute Gasteiger partial charge is 0.494 e. The average molecular weight is 481 g/mol. The van der Waals surface area contributed by atoms with Crippen LogP contribution in [0.25, 0.3) is 0 Å². The molecule has 0 radical (unpaired) electrons. The Morgan fingerprint density at radius 3 is 2.89 bits per heavy atom. The summed E-state index contributed by atoms with van der Waals surface area (Å²) in [6, 6.07) is 8.96. The molecule has 3 aromatic rings. The maximum absolute atomic E-state index is 13.6. The van der Waals surface area contributed by atoms with E-state index in [0.717, 1.165) is 5.56 Å². The molecule has 35 heavy (non-hydrogen) atoms. The minimum Gasteiger partial charge on any atom is -0.494 e. The van der Waals surface area contributed by atoms with Crippen LogP contribution >= 0.6 is 0 Å². The van der Waals surface area contributed by atoms with Gasteiger partial charge in [-0.25, -0.2) is 14.4 Å². The number of aryl methyl sites for hydroxylation is 1. The predicted octanol–water partition coefficient (Wildman–Crippen LogP) is 1.88. The Hall–Kier alpha value is -4.12. The van der Waals surface area contributed by atoms with Crippen LogP contribution in [-0.2, 0) is 17.9 Å². The Morgan fingerprint density at radius 1 is 1.29 bits per heavy atom. The third kappa shape index (κ3) is 5.52. The zero-order chi connectivity index (χ0) is 24.9. The van der Waals surface area contributed by atoms with Crippen molar-refractivity contribution in [3.63, 3.8) is 0 Å². The van der Waals surface area contributed by atoms with Crippen LogP contribution in [0.2, 0.25) is 0 Å². The smallest absolute Gasteiger partial charge is 0.270 e. The highest BCUT2D eigenvalue weighted by molar-refractivity contribution is 6.02. The van der Waals surface area contributed by atoms with Gasteiger partial charge in [-0.2, -0.15) is 0 Å². The van der Waals surface area contributed by atoms with E-state index in [2.05, 4.69) is 20.4 Å². The fourth-order valence-electron chi connectivity index (χ4n) is 3.65. The maximum Gasteiger partial charge on any atom is 0.270 e. The number of methoxy groups -OCH3 is 1. The van der Waals surface area contributed by atoms with Crippen molar-refractivity contribution in [3.05, 3.63) is 87.1 Å². The maximum atomic E-state index is 13.6. The van der Waals surface area contributed by atoms with Crippen molar-refractivity contribution >= 4 is 11.6 Å². The van der Waals surface area contributed by atoms with E-state index in [9.17, 15) is 14.0 Å². The van der Waals surface area contributed by atoms with E-state index in [1.807, 2.05) is 0 Å². The molecular weight excluding hydrogens is 457 g/mol. The number of oxime groups is 1. The summed E-state index contributed by atoms with van der Waals surface area (Å²) in [4.78, 5) is 38.8. The summed E-state index contributed by atoms with van der Waals surface area (Å²) < 4.78 is 20.0. The van der Waals surface area contributed by atoms with Gasteiger partial charge in [0.15, 0.2) is 17.7 Å². The zero-order valence-electron chi connectivity index (χ0n) is 19.2. The highest BCUT2D eigenvalue weighted by Crippen LogP contribution is 2.28. The first-order chi connectivity index (χ1) is 16.9. The Morgan fingerprint density at radius 2 is 2.11 bits per heavy atom. The van der Waals surface area contributed by atoms with Crippen molar-refractivity contribution in [3.8, 4) is 5.75 Å². The normalized spacial score (nSPS) is 14.9. The Labute approximate surface area is 200 Å². The lowest BCUT2D eigenvalue weighted by atomic mass is 10.0. The number of amides is 1. The lowest BCUT2D eigenvalue weighted by Gasteiger charge is -2.11. The third-order valence-electron chi connectivity index (χ3n) is 5.42. The number of carbonyl (C=O) groups is 1. The number of benzene rings is 1. The van der Waals surface area contributed by atoms with Crippen LogP contribution in [0.1, 0.15) is 45.7 Å². The van der Waals surface area contributed by atoms with Crippen LogP contribution in [0, 0.1) is 12.7 Å². The quantitative estimate of drug-likeness (QED) is 0.503. The van der Waals surface area contributed by atoms with Gasteiger partial charge in [0.25, 0.3) is 11.5 Å². The minimum atomic E-state index is -0.483. The van der Waals surface area contributed by atoms with Crippen LogP contribution in [0.15, 0.2) is 52.5 Å². The number of rotatable bonds is 8. The number of hydrogen-bond acceptors (Lipinski definition) is 8. The van der Waals surface area contributed by atoms with E-state index >= 15 is 0 Å². The van der Waals surface area contributed by atoms with Gasteiger partial charge in [0.2, 0.25) is 0 Å². The molecule has 11 heteroatoms. The number of halogens is 1. The van der Waals surface area contributed by atoms with Crippen LogP contribution in [0.3, 0.4) is 0 Å². The summed E-state index contributed by atoms with van der Waals surface area (Å²) in [6.07, 6.45) is 1.58. The number of aliphatic hydroxyl groups is 1. The monoisotopic (exact) mass is 481 g/mol. The molecule has 0 aliphatic carbocycles. The Bertz CT molecular complexity index is 1340. The van der Waals surface area contributed by atoms with Gasteiger partial charge in [-0.3, -0.25) is 9.59 Å². The molecule has 1 unspecified atom stereocenters. The Kier molecular flexibility index (Phi) is 7.16. The van der Waals surface area contributed by atoms with Crippen molar-refractivity contribution < 1.29 is 23.9 Å². The van der Waals surface area contributed by atoms with Crippen molar-refractivity contribution in [2.24, 2.45) is 5.16 Å². The van der Waals surface area contributed by atoms with Gasteiger partial charge < -0.3 is 24.6 Å². The van der Waals surface area contributed by atoms with Gasteiger partial charge >= 0.3 is 0 Å². The first-order valence-corrected chi connectivity index (χ1v) is 10.9. The predicted molar refractivity (Wildman–Crippen MR) is 124 cm³/mol. The summed E-state index contributed by atoms with van der Waals surface area (Å²) in [5.41, 5.74) is 2.33. The lowest BCUT2D eigenvalue weighted by molar-refractivity contribution is 0.0850. The highest BCUT2D eigenvalue weighted by Gasteiger charge is 2.26. The van der Waals surface area contributed by atoms with E-state index in [0.29, 0.717) is 29.2 Å². The first-order valence-electron chi connectivity index (χ1n) is 10.9. The fraction of sp³-hybridized carbons (Fsp3) is 0.292. The summed E-state index contributed by atoms with van der Waals surface area (Å²) >= 11 is 0.